The number of benzene rings is 1. The van der Waals surface area contributed by atoms with Crippen molar-refractivity contribution in [2.24, 2.45) is 4.99 Å². The van der Waals surface area contributed by atoms with Gasteiger partial charge in [0.1, 0.15) is 5.75 Å². The maximum absolute atomic E-state index is 12.0. The number of carbonyl (C=O) groups is 1. The molecule has 0 unspecified atom stereocenters. The molecule has 2 fully saturated rings. The summed E-state index contributed by atoms with van der Waals surface area (Å²) in [5.41, 5.74) is 1.03. The summed E-state index contributed by atoms with van der Waals surface area (Å²) in [6.07, 6.45) is 2.25. The van der Waals surface area contributed by atoms with Crippen LogP contribution < -0.4 is 15.4 Å². The van der Waals surface area contributed by atoms with Gasteiger partial charge in [-0.3, -0.25) is 14.7 Å². The number of rotatable bonds is 6. The highest BCUT2D eigenvalue weighted by atomic mass is 127. The van der Waals surface area contributed by atoms with E-state index < -0.39 is 0 Å². The maximum atomic E-state index is 12.0. The summed E-state index contributed by atoms with van der Waals surface area (Å²) < 4.78 is 5.40. The number of aliphatic imine (C=N–C) groups is 1. The molecule has 1 aliphatic carbocycles. The molecule has 1 saturated carbocycles. The molecule has 1 heterocycles. The van der Waals surface area contributed by atoms with Crippen molar-refractivity contribution in [3.63, 3.8) is 0 Å². The van der Waals surface area contributed by atoms with Gasteiger partial charge in [0.15, 0.2) is 5.96 Å². The monoisotopic (exact) mass is 521 g/mol. The number of carbonyl (C=O) groups excluding carboxylic acids is 1. The van der Waals surface area contributed by atoms with Gasteiger partial charge in [0.25, 0.3) is 0 Å². The second-order valence-electron chi connectivity index (χ2n) is 6.96. The molecular weight excluding hydrogens is 493 g/mol. The van der Waals surface area contributed by atoms with Crippen molar-refractivity contribution in [1.82, 2.24) is 20.4 Å². The van der Waals surface area contributed by atoms with Gasteiger partial charge in [0.05, 0.1) is 13.7 Å². The molecular formula is C19H29ClIN5O2. The summed E-state index contributed by atoms with van der Waals surface area (Å²) in [6, 6.07) is 6.05. The predicted octanol–water partition coefficient (Wildman–Crippen LogP) is 1.94. The van der Waals surface area contributed by atoms with E-state index in [4.69, 9.17) is 16.3 Å². The molecule has 1 aromatic rings. The number of ether oxygens (including phenoxy) is 1. The molecule has 9 heteroatoms. The summed E-state index contributed by atoms with van der Waals surface area (Å²) in [5.74, 6) is 1.76. The summed E-state index contributed by atoms with van der Waals surface area (Å²) in [7, 11) is 3.43. The second-order valence-corrected chi connectivity index (χ2v) is 7.40. The standard InChI is InChI=1S/C19H28ClN5O2.HI/c1-21-19(22-12-14-3-4-15(20)11-17(14)27-2)25-9-7-24(8-10-25)13-18(26)23-16-5-6-16;/h3-4,11,16H,5-10,12-13H2,1-2H3,(H,21,22)(H,23,26);1H. The van der Waals surface area contributed by atoms with Crippen LogP contribution in [0.25, 0.3) is 0 Å². The largest absolute Gasteiger partial charge is 0.496 e. The molecule has 1 amide bonds. The number of halogens is 2. The minimum Gasteiger partial charge on any atom is -0.496 e. The molecule has 0 radical (unpaired) electrons. The van der Waals surface area contributed by atoms with Crippen LogP contribution >= 0.6 is 35.6 Å². The van der Waals surface area contributed by atoms with E-state index in [-0.39, 0.29) is 29.9 Å². The van der Waals surface area contributed by atoms with E-state index >= 15 is 0 Å². The topological polar surface area (TPSA) is 69.2 Å². The average molecular weight is 522 g/mol. The fraction of sp³-hybridized carbons (Fsp3) is 0.579. The molecule has 1 saturated heterocycles. The highest BCUT2D eigenvalue weighted by Crippen LogP contribution is 2.23. The minimum absolute atomic E-state index is 0. The van der Waals surface area contributed by atoms with Crippen LogP contribution in [0.15, 0.2) is 23.2 Å². The zero-order chi connectivity index (χ0) is 19.2. The number of piperazine rings is 1. The van der Waals surface area contributed by atoms with Crippen molar-refractivity contribution in [1.29, 1.82) is 0 Å². The molecule has 0 aromatic heterocycles. The van der Waals surface area contributed by atoms with Crippen LogP contribution in [0.5, 0.6) is 5.75 Å². The number of nitrogens with zero attached hydrogens (tertiary/aromatic N) is 3. The number of nitrogens with one attached hydrogen (secondary N) is 2. The quantitative estimate of drug-likeness (QED) is 0.340. The lowest BCUT2D eigenvalue weighted by molar-refractivity contribution is -0.122. The van der Waals surface area contributed by atoms with E-state index in [1.807, 2.05) is 18.2 Å². The fourth-order valence-corrected chi connectivity index (χ4v) is 3.35. The number of hydrogen-bond donors (Lipinski definition) is 2. The zero-order valence-corrected chi connectivity index (χ0v) is 19.5. The van der Waals surface area contributed by atoms with Gasteiger partial charge in [-0.2, -0.15) is 0 Å². The molecule has 2 N–H and O–H groups in total. The van der Waals surface area contributed by atoms with Crippen LogP contribution in [-0.4, -0.2) is 74.6 Å². The van der Waals surface area contributed by atoms with Gasteiger partial charge in [0, 0.05) is 56.4 Å². The predicted molar refractivity (Wildman–Crippen MR) is 123 cm³/mol. The first-order valence-corrected chi connectivity index (χ1v) is 9.76. The number of methoxy groups -OCH3 is 1. The first kappa shape index (κ1) is 23.0. The Morgan fingerprint density at radius 1 is 1.29 bits per heavy atom. The van der Waals surface area contributed by atoms with Gasteiger partial charge in [0.2, 0.25) is 5.91 Å². The molecule has 156 valence electrons. The van der Waals surface area contributed by atoms with Crippen LogP contribution in [-0.2, 0) is 11.3 Å². The first-order valence-electron chi connectivity index (χ1n) is 9.38. The van der Waals surface area contributed by atoms with E-state index in [1.165, 1.54) is 0 Å². The number of hydrogen-bond acceptors (Lipinski definition) is 4. The third-order valence-corrected chi connectivity index (χ3v) is 5.11. The van der Waals surface area contributed by atoms with Gasteiger partial charge < -0.3 is 20.3 Å². The SMILES string of the molecule is CN=C(NCc1ccc(Cl)cc1OC)N1CCN(CC(=O)NC2CC2)CC1.I. The van der Waals surface area contributed by atoms with Gasteiger partial charge in [-0.15, -0.1) is 24.0 Å². The normalized spacial score (nSPS) is 17.7. The van der Waals surface area contributed by atoms with Crippen LogP contribution in [0.3, 0.4) is 0 Å². The maximum Gasteiger partial charge on any atom is 0.234 e. The molecule has 0 bridgehead atoms. The smallest absolute Gasteiger partial charge is 0.234 e. The molecule has 1 aliphatic heterocycles. The Kier molecular flexibility index (Phi) is 9.10. The van der Waals surface area contributed by atoms with Crippen molar-refractivity contribution < 1.29 is 9.53 Å². The summed E-state index contributed by atoms with van der Waals surface area (Å²) >= 11 is 6.02. The lowest BCUT2D eigenvalue weighted by Gasteiger charge is -2.36. The highest BCUT2D eigenvalue weighted by Gasteiger charge is 2.25. The van der Waals surface area contributed by atoms with Crippen molar-refractivity contribution >= 4 is 47.4 Å². The Morgan fingerprint density at radius 3 is 2.61 bits per heavy atom. The summed E-state index contributed by atoms with van der Waals surface area (Å²) in [6.45, 7) is 4.48. The molecule has 28 heavy (non-hydrogen) atoms. The molecule has 2 aliphatic rings. The van der Waals surface area contributed by atoms with E-state index in [0.29, 0.717) is 24.2 Å². The van der Waals surface area contributed by atoms with E-state index in [9.17, 15) is 4.79 Å². The highest BCUT2D eigenvalue weighted by molar-refractivity contribution is 14.0. The van der Waals surface area contributed by atoms with E-state index in [2.05, 4.69) is 25.4 Å². The van der Waals surface area contributed by atoms with Crippen LogP contribution in [0.4, 0.5) is 0 Å². The van der Waals surface area contributed by atoms with E-state index in [1.54, 1.807) is 14.2 Å². The average Bonchev–Trinajstić information content (AvgIpc) is 3.48. The molecule has 3 rings (SSSR count). The lowest BCUT2D eigenvalue weighted by Crippen LogP contribution is -2.54. The third kappa shape index (κ3) is 6.66. The Labute approximate surface area is 188 Å². The van der Waals surface area contributed by atoms with Crippen molar-refractivity contribution in [3.8, 4) is 5.75 Å². The number of amides is 1. The Hall–Kier alpha value is -1.26. The lowest BCUT2D eigenvalue weighted by atomic mass is 10.2. The van der Waals surface area contributed by atoms with E-state index in [0.717, 1.165) is 56.3 Å². The van der Waals surface area contributed by atoms with Gasteiger partial charge in [-0.25, -0.2) is 0 Å². The third-order valence-electron chi connectivity index (χ3n) is 4.88. The Balaban J connectivity index is 0.00000280. The van der Waals surface area contributed by atoms with Gasteiger partial charge >= 0.3 is 0 Å². The fourth-order valence-electron chi connectivity index (χ4n) is 3.19. The minimum atomic E-state index is 0. The second kappa shape index (κ2) is 11.1. The Morgan fingerprint density at radius 2 is 2.00 bits per heavy atom. The van der Waals surface area contributed by atoms with Crippen LogP contribution in [0, 0.1) is 0 Å². The first-order chi connectivity index (χ1) is 13.1. The van der Waals surface area contributed by atoms with Crippen LogP contribution in [0.2, 0.25) is 5.02 Å². The zero-order valence-electron chi connectivity index (χ0n) is 16.4. The summed E-state index contributed by atoms with van der Waals surface area (Å²) in [5, 5.41) is 7.10. The molecule has 1 aromatic carbocycles. The van der Waals surface area contributed by atoms with Crippen LogP contribution in [0.1, 0.15) is 18.4 Å². The van der Waals surface area contributed by atoms with Gasteiger partial charge in [-0.05, 0) is 25.0 Å². The van der Waals surface area contributed by atoms with Gasteiger partial charge in [-0.1, -0.05) is 17.7 Å². The van der Waals surface area contributed by atoms with Crippen molar-refractivity contribution in [2.75, 3.05) is 46.9 Å². The number of guanidine groups is 1. The Bertz CT molecular complexity index is 691. The molecule has 0 spiro atoms. The van der Waals surface area contributed by atoms with Crippen molar-refractivity contribution in [3.05, 3.63) is 28.8 Å². The molecule has 0 atom stereocenters. The van der Waals surface area contributed by atoms with Crippen molar-refractivity contribution in [2.45, 2.75) is 25.4 Å². The molecule has 7 nitrogen and oxygen atoms in total. The summed E-state index contributed by atoms with van der Waals surface area (Å²) in [4.78, 5) is 20.8.